The van der Waals surface area contributed by atoms with Crippen LogP contribution in [0.15, 0.2) is 60.8 Å². The number of aliphatic hydroxyl groups excluding tert-OH is 3. The van der Waals surface area contributed by atoms with Gasteiger partial charge in [-0.1, -0.05) is 229 Å². The summed E-state index contributed by atoms with van der Waals surface area (Å²) in [5.41, 5.74) is 0. The molecule has 6 atom stereocenters. The number of rotatable bonds is 49. The van der Waals surface area contributed by atoms with Crippen LogP contribution in [0.2, 0.25) is 0 Å². The van der Waals surface area contributed by atoms with Gasteiger partial charge in [-0.25, -0.2) is 4.18 Å². The van der Waals surface area contributed by atoms with Gasteiger partial charge in [0.1, 0.15) is 30.5 Å². The highest BCUT2D eigenvalue weighted by Gasteiger charge is 2.48. The molecule has 0 aromatic carbocycles. The molecule has 70 heavy (non-hydrogen) atoms. The first kappa shape index (κ1) is 65.8. The number of ether oxygens (including phenoxy) is 4. The monoisotopic (exact) mass is 1010 g/mol. The molecule has 0 aromatic heterocycles. The van der Waals surface area contributed by atoms with Crippen LogP contribution in [-0.4, -0.2) is 97.5 Å². The quantitative estimate of drug-likeness (QED) is 0.0196. The van der Waals surface area contributed by atoms with Crippen LogP contribution in [0.4, 0.5) is 0 Å². The summed E-state index contributed by atoms with van der Waals surface area (Å²) < 4.78 is 59.4. The molecular formula is C57H102O12S. The maximum atomic E-state index is 12.9. The van der Waals surface area contributed by atoms with Gasteiger partial charge in [0.05, 0.1) is 19.8 Å². The van der Waals surface area contributed by atoms with E-state index in [4.69, 9.17) is 18.9 Å². The number of esters is 1. The van der Waals surface area contributed by atoms with Gasteiger partial charge in [0, 0.05) is 13.0 Å². The van der Waals surface area contributed by atoms with E-state index in [2.05, 4.69) is 78.8 Å². The first-order chi connectivity index (χ1) is 34.1. The van der Waals surface area contributed by atoms with E-state index in [-0.39, 0.29) is 19.6 Å². The second-order valence-corrected chi connectivity index (χ2v) is 20.2. The second kappa shape index (κ2) is 47.8. The van der Waals surface area contributed by atoms with Crippen molar-refractivity contribution >= 4 is 16.4 Å². The molecule has 1 aliphatic heterocycles. The zero-order valence-corrected chi connectivity index (χ0v) is 44.9. The van der Waals surface area contributed by atoms with Crippen LogP contribution >= 0.6 is 0 Å². The molecule has 0 aromatic rings. The van der Waals surface area contributed by atoms with Gasteiger partial charge < -0.3 is 34.3 Å². The van der Waals surface area contributed by atoms with E-state index in [1.165, 1.54) is 128 Å². The average molecular weight is 1010 g/mol. The van der Waals surface area contributed by atoms with E-state index in [1.807, 2.05) is 0 Å². The average Bonchev–Trinajstić information content (AvgIpc) is 3.34. The van der Waals surface area contributed by atoms with Crippen molar-refractivity contribution in [2.45, 2.75) is 269 Å². The molecular weight excluding hydrogens is 909 g/mol. The van der Waals surface area contributed by atoms with Gasteiger partial charge in [0.15, 0.2) is 6.29 Å². The molecule has 6 unspecified atom stereocenters. The predicted molar refractivity (Wildman–Crippen MR) is 285 cm³/mol. The number of carbonyl (C=O) groups is 1. The minimum atomic E-state index is -5.07. The molecule has 0 saturated carbocycles. The number of unbranched alkanes of at least 4 members (excludes halogenated alkanes) is 26. The van der Waals surface area contributed by atoms with Crippen LogP contribution in [0.3, 0.4) is 0 Å². The molecule has 0 bridgehead atoms. The van der Waals surface area contributed by atoms with Gasteiger partial charge in [-0.3, -0.25) is 9.35 Å². The predicted octanol–water partition coefficient (Wildman–Crippen LogP) is 13.6. The number of hydrogen-bond donors (Lipinski definition) is 4. The Hall–Kier alpha value is -2.20. The molecule has 0 aliphatic carbocycles. The lowest BCUT2D eigenvalue weighted by Crippen LogP contribution is -2.60. The van der Waals surface area contributed by atoms with E-state index in [0.717, 1.165) is 77.0 Å². The third-order valence-electron chi connectivity index (χ3n) is 12.7. The Labute approximate surface area is 427 Å². The number of hydrogen-bond acceptors (Lipinski definition) is 11. The summed E-state index contributed by atoms with van der Waals surface area (Å²) in [5, 5.41) is 30.8. The molecule has 1 saturated heterocycles. The number of aliphatic hydroxyl groups is 3. The van der Waals surface area contributed by atoms with E-state index in [1.54, 1.807) is 0 Å². The maximum absolute atomic E-state index is 12.9. The smallest absolute Gasteiger partial charge is 0.397 e. The van der Waals surface area contributed by atoms with Crippen molar-refractivity contribution < 1.29 is 56.2 Å². The van der Waals surface area contributed by atoms with Crippen molar-refractivity contribution in [3.8, 4) is 0 Å². The second-order valence-electron chi connectivity index (χ2n) is 19.2. The van der Waals surface area contributed by atoms with Gasteiger partial charge in [-0.15, -0.1) is 0 Å². The Bertz CT molecular complexity index is 1450. The minimum absolute atomic E-state index is 0.0304. The topological polar surface area (TPSA) is 178 Å². The van der Waals surface area contributed by atoms with Gasteiger partial charge in [0.2, 0.25) is 0 Å². The number of carbonyl (C=O) groups excluding carboxylic acids is 1. The third kappa shape index (κ3) is 40.3. The van der Waals surface area contributed by atoms with E-state index in [0.29, 0.717) is 13.0 Å². The SMILES string of the molecule is CC/C=C\C/C=C\C/C=C\C/C=C\C/C=C\CCCCCCCCCCOCC(COC1OC(CO)C(O)C(OS(=O)(=O)O)C1O)OC(=O)CCCCCCCCCCCCCCCCCCCCC. The summed E-state index contributed by atoms with van der Waals surface area (Å²) in [4.78, 5) is 12.9. The fourth-order valence-electron chi connectivity index (χ4n) is 8.47. The Morgan fingerprint density at radius 2 is 0.986 bits per heavy atom. The molecule has 1 aliphatic rings. The van der Waals surface area contributed by atoms with Crippen molar-refractivity contribution in [1.29, 1.82) is 0 Å². The first-order valence-corrected chi connectivity index (χ1v) is 29.4. The maximum Gasteiger partial charge on any atom is 0.397 e. The van der Waals surface area contributed by atoms with Crippen molar-refractivity contribution in [3.63, 3.8) is 0 Å². The van der Waals surface area contributed by atoms with Crippen LogP contribution in [0.1, 0.15) is 232 Å². The van der Waals surface area contributed by atoms with E-state index >= 15 is 0 Å². The van der Waals surface area contributed by atoms with Crippen LogP contribution in [0, 0.1) is 0 Å². The molecule has 408 valence electrons. The molecule has 4 N–H and O–H groups in total. The fourth-order valence-corrected chi connectivity index (χ4v) is 8.97. The minimum Gasteiger partial charge on any atom is -0.457 e. The normalized spacial score (nSPS) is 19.5. The van der Waals surface area contributed by atoms with Crippen molar-refractivity contribution in [2.75, 3.05) is 26.4 Å². The van der Waals surface area contributed by atoms with Crippen LogP contribution in [0.25, 0.3) is 0 Å². The first-order valence-electron chi connectivity index (χ1n) is 28.0. The highest BCUT2D eigenvalue weighted by atomic mass is 32.3. The molecule has 12 nitrogen and oxygen atoms in total. The summed E-state index contributed by atoms with van der Waals surface area (Å²) in [6, 6.07) is 0. The van der Waals surface area contributed by atoms with Crippen molar-refractivity contribution in [1.82, 2.24) is 0 Å². The third-order valence-corrected chi connectivity index (χ3v) is 13.1. The molecule has 0 spiro atoms. The van der Waals surface area contributed by atoms with Gasteiger partial charge in [-0.2, -0.15) is 8.42 Å². The lowest BCUT2D eigenvalue weighted by molar-refractivity contribution is -0.301. The van der Waals surface area contributed by atoms with Crippen molar-refractivity contribution in [2.24, 2.45) is 0 Å². The van der Waals surface area contributed by atoms with Crippen molar-refractivity contribution in [3.05, 3.63) is 60.8 Å². The summed E-state index contributed by atoms with van der Waals surface area (Å²) >= 11 is 0. The van der Waals surface area contributed by atoms with E-state index < -0.39 is 59.8 Å². The van der Waals surface area contributed by atoms with E-state index in [9.17, 15) is 33.1 Å². The van der Waals surface area contributed by atoms with Gasteiger partial charge in [-0.05, 0) is 57.8 Å². The highest BCUT2D eigenvalue weighted by Crippen LogP contribution is 2.26. The highest BCUT2D eigenvalue weighted by molar-refractivity contribution is 7.80. The lowest BCUT2D eigenvalue weighted by Gasteiger charge is -2.41. The van der Waals surface area contributed by atoms with Gasteiger partial charge in [0.25, 0.3) is 0 Å². The fraction of sp³-hybridized carbons (Fsp3) is 0.807. The molecule has 1 rings (SSSR count). The molecule has 13 heteroatoms. The van der Waals surface area contributed by atoms with Crippen LogP contribution in [0.5, 0.6) is 0 Å². The Morgan fingerprint density at radius 3 is 1.44 bits per heavy atom. The molecule has 1 heterocycles. The summed E-state index contributed by atoms with van der Waals surface area (Å²) in [6.07, 6.45) is 52.5. The summed E-state index contributed by atoms with van der Waals surface area (Å²) in [6.45, 7) is 3.89. The Balaban J connectivity index is 2.32. The Morgan fingerprint density at radius 1 is 0.557 bits per heavy atom. The number of allylic oxidation sites excluding steroid dienone is 10. The largest absolute Gasteiger partial charge is 0.457 e. The van der Waals surface area contributed by atoms with Gasteiger partial charge >= 0.3 is 16.4 Å². The molecule has 0 radical (unpaired) electrons. The van der Waals surface area contributed by atoms with Crippen LogP contribution < -0.4 is 0 Å². The molecule has 1 fully saturated rings. The van der Waals surface area contributed by atoms with Crippen LogP contribution in [-0.2, 0) is 38.3 Å². The zero-order chi connectivity index (χ0) is 51.0. The Kier molecular flexibility index (Phi) is 44.9. The zero-order valence-electron chi connectivity index (χ0n) is 44.1. The summed E-state index contributed by atoms with van der Waals surface area (Å²) in [5.74, 6) is -0.400. The molecule has 0 amide bonds. The lowest BCUT2D eigenvalue weighted by atomic mass is 9.99. The standard InChI is InChI=1S/C57H102O12S/c1-3-5-7-9-11-13-15-17-19-21-23-24-25-26-27-29-31-33-35-37-39-41-43-45-47-65-49-51(50-66-57-55(61)56(69-70(62,63)64)54(60)52(48-58)68-57)67-53(59)46-44-42-40-38-36-34-32-30-28-22-20-18-16-14-12-10-8-6-4-2/h5,7,11,13,17,19,23-24,26-27,51-52,54-58,60-61H,3-4,6,8-10,12,14-16,18,20-22,25,28-50H2,1-2H3,(H,62,63,64)/b7-5-,13-11-,19-17-,24-23-,27-26-. The summed E-state index contributed by atoms with van der Waals surface area (Å²) in [7, 11) is -5.07.